The summed E-state index contributed by atoms with van der Waals surface area (Å²) >= 11 is 6.03. The van der Waals surface area contributed by atoms with Crippen molar-refractivity contribution in [1.82, 2.24) is 5.32 Å². The van der Waals surface area contributed by atoms with E-state index in [1.165, 1.54) is 0 Å². The number of halogens is 1. The van der Waals surface area contributed by atoms with Crippen LogP contribution in [0.25, 0.3) is 0 Å². The Morgan fingerprint density at radius 2 is 2.04 bits per heavy atom. The largest absolute Gasteiger partial charge is 0.494 e. The van der Waals surface area contributed by atoms with Crippen molar-refractivity contribution in [2.45, 2.75) is 20.0 Å². The number of carbonyl (C=O) groups excluding carboxylic acids is 1. The zero-order valence-corrected chi connectivity index (χ0v) is 14.4. The molecule has 24 heavy (non-hydrogen) atoms. The first-order chi connectivity index (χ1) is 11.5. The highest BCUT2D eigenvalue weighted by atomic mass is 35.5. The second-order valence-electron chi connectivity index (χ2n) is 5.28. The van der Waals surface area contributed by atoms with Crippen LogP contribution >= 0.6 is 11.6 Å². The molecule has 0 radical (unpaired) electrons. The predicted octanol–water partition coefficient (Wildman–Crippen LogP) is 3.90. The van der Waals surface area contributed by atoms with Crippen LogP contribution in [0, 0.1) is 6.92 Å². The third kappa shape index (κ3) is 4.88. The zero-order valence-electron chi connectivity index (χ0n) is 13.7. The van der Waals surface area contributed by atoms with Gasteiger partial charge in [0.1, 0.15) is 5.75 Å². The molecule has 2 aromatic carbocycles. The highest BCUT2D eigenvalue weighted by molar-refractivity contribution is 6.31. The SMILES string of the molecule is CCOc1ccc(NC(=O)NCC(O)c2ccccc2Cl)c(C)c1. The first kappa shape index (κ1) is 18.1. The lowest BCUT2D eigenvalue weighted by Gasteiger charge is -2.15. The zero-order chi connectivity index (χ0) is 17.5. The van der Waals surface area contributed by atoms with E-state index in [1.807, 2.05) is 19.9 Å². The van der Waals surface area contributed by atoms with Gasteiger partial charge < -0.3 is 20.5 Å². The van der Waals surface area contributed by atoms with E-state index in [1.54, 1.807) is 36.4 Å². The number of benzene rings is 2. The fourth-order valence-electron chi connectivity index (χ4n) is 2.24. The molecular formula is C18H21ClN2O3. The molecule has 0 heterocycles. The van der Waals surface area contributed by atoms with Gasteiger partial charge in [0.15, 0.2) is 0 Å². The number of ether oxygens (including phenoxy) is 1. The van der Waals surface area contributed by atoms with Gasteiger partial charge >= 0.3 is 6.03 Å². The molecule has 0 aliphatic heterocycles. The molecular weight excluding hydrogens is 328 g/mol. The second kappa shape index (κ2) is 8.57. The normalized spacial score (nSPS) is 11.7. The molecule has 5 nitrogen and oxygen atoms in total. The second-order valence-corrected chi connectivity index (χ2v) is 5.69. The molecule has 0 aliphatic carbocycles. The summed E-state index contributed by atoms with van der Waals surface area (Å²) in [5, 5.41) is 16.0. The summed E-state index contributed by atoms with van der Waals surface area (Å²) in [6.07, 6.45) is -0.870. The fourth-order valence-corrected chi connectivity index (χ4v) is 2.51. The summed E-state index contributed by atoms with van der Waals surface area (Å²) < 4.78 is 5.41. The quantitative estimate of drug-likeness (QED) is 0.741. The maximum atomic E-state index is 12.0. The van der Waals surface area contributed by atoms with E-state index < -0.39 is 12.1 Å². The number of rotatable bonds is 6. The van der Waals surface area contributed by atoms with Crippen LogP contribution in [-0.4, -0.2) is 24.3 Å². The van der Waals surface area contributed by atoms with Gasteiger partial charge in [-0.1, -0.05) is 29.8 Å². The van der Waals surface area contributed by atoms with Gasteiger partial charge in [-0.15, -0.1) is 0 Å². The Balaban J connectivity index is 1.90. The highest BCUT2D eigenvalue weighted by Gasteiger charge is 2.13. The maximum Gasteiger partial charge on any atom is 0.319 e. The molecule has 1 atom stereocenters. The van der Waals surface area contributed by atoms with Crippen molar-refractivity contribution in [2.75, 3.05) is 18.5 Å². The summed E-state index contributed by atoms with van der Waals surface area (Å²) in [5.74, 6) is 0.759. The van der Waals surface area contributed by atoms with E-state index in [-0.39, 0.29) is 6.54 Å². The lowest BCUT2D eigenvalue weighted by molar-refractivity contribution is 0.175. The highest BCUT2D eigenvalue weighted by Crippen LogP contribution is 2.23. The Bertz CT molecular complexity index is 706. The van der Waals surface area contributed by atoms with Crippen molar-refractivity contribution in [2.24, 2.45) is 0 Å². The number of urea groups is 1. The summed E-state index contributed by atoms with van der Waals surface area (Å²) in [4.78, 5) is 12.0. The van der Waals surface area contributed by atoms with Gasteiger partial charge in [-0.3, -0.25) is 0 Å². The molecule has 2 amide bonds. The molecule has 0 spiro atoms. The standard InChI is InChI=1S/C18H21ClN2O3/c1-3-24-13-8-9-16(12(2)10-13)21-18(23)20-11-17(22)14-6-4-5-7-15(14)19/h4-10,17,22H,3,11H2,1-2H3,(H2,20,21,23). The number of aliphatic hydroxyl groups is 1. The van der Waals surface area contributed by atoms with E-state index in [0.29, 0.717) is 22.9 Å². The van der Waals surface area contributed by atoms with Gasteiger partial charge in [0, 0.05) is 22.8 Å². The third-order valence-corrected chi connectivity index (χ3v) is 3.82. The predicted molar refractivity (Wildman–Crippen MR) is 95.8 cm³/mol. The van der Waals surface area contributed by atoms with Crippen LogP contribution in [0.3, 0.4) is 0 Å². The van der Waals surface area contributed by atoms with Gasteiger partial charge in [0.05, 0.1) is 12.7 Å². The van der Waals surface area contributed by atoms with E-state index in [4.69, 9.17) is 16.3 Å². The van der Waals surface area contributed by atoms with E-state index >= 15 is 0 Å². The lowest BCUT2D eigenvalue weighted by atomic mass is 10.1. The molecule has 0 aromatic heterocycles. The molecule has 0 saturated heterocycles. The molecule has 2 aromatic rings. The summed E-state index contributed by atoms with van der Waals surface area (Å²) in [7, 11) is 0. The van der Waals surface area contributed by atoms with Crippen LogP contribution < -0.4 is 15.4 Å². The fraction of sp³-hybridized carbons (Fsp3) is 0.278. The van der Waals surface area contributed by atoms with Crippen LogP contribution in [0.1, 0.15) is 24.2 Å². The van der Waals surface area contributed by atoms with Crippen molar-refractivity contribution < 1.29 is 14.6 Å². The van der Waals surface area contributed by atoms with E-state index in [2.05, 4.69) is 10.6 Å². The topological polar surface area (TPSA) is 70.6 Å². The first-order valence-electron chi connectivity index (χ1n) is 7.72. The Morgan fingerprint density at radius 3 is 2.71 bits per heavy atom. The average molecular weight is 349 g/mol. The van der Waals surface area contributed by atoms with Crippen LogP contribution in [0.2, 0.25) is 5.02 Å². The number of amides is 2. The van der Waals surface area contributed by atoms with Crippen LogP contribution in [0.15, 0.2) is 42.5 Å². The number of carbonyl (C=O) groups is 1. The summed E-state index contributed by atoms with van der Waals surface area (Å²) in [6.45, 7) is 4.45. The van der Waals surface area contributed by atoms with Crippen molar-refractivity contribution in [3.05, 3.63) is 58.6 Å². The number of hydrogen-bond donors (Lipinski definition) is 3. The Kier molecular flexibility index (Phi) is 6.46. The van der Waals surface area contributed by atoms with Gasteiger partial charge in [-0.25, -0.2) is 4.79 Å². The van der Waals surface area contributed by atoms with Crippen LogP contribution in [-0.2, 0) is 0 Å². The lowest BCUT2D eigenvalue weighted by Crippen LogP contribution is -2.32. The van der Waals surface area contributed by atoms with E-state index in [0.717, 1.165) is 11.3 Å². The maximum absolute atomic E-state index is 12.0. The third-order valence-electron chi connectivity index (χ3n) is 3.48. The molecule has 6 heteroatoms. The van der Waals surface area contributed by atoms with Gasteiger partial charge in [0.2, 0.25) is 0 Å². The monoisotopic (exact) mass is 348 g/mol. The van der Waals surface area contributed by atoms with Gasteiger partial charge in [0.25, 0.3) is 0 Å². The van der Waals surface area contributed by atoms with Crippen molar-refractivity contribution >= 4 is 23.3 Å². The number of hydrogen-bond acceptors (Lipinski definition) is 3. The molecule has 0 aliphatic rings. The summed E-state index contributed by atoms with van der Waals surface area (Å²) in [6, 6.07) is 12.0. The molecule has 0 fully saturated rings. The minimum Gasteiger partial charge on any atom is -0.494 e. The van der Waals surface area contributed by atoms with Crippen LogP contribution in [0.5, 0.6) is 5.75 Å². The molecule has 3 N–H and O–H groups in total. The molecule has 0 saturated carbocycles. The van der Waals surface area contributed by atoms with Crippen molar-refractivity contribution in [3.63, 3.8) is 0 Å². The minimum atomic E-state index is -0.870. The number of aliphatic hydroxyl groups excluding tert-OH is 1. The van der Waals surface area contributed by atoms with Crippen LogP contribution in [0.4, 0.5) is 10.5 Å². The van der Waals surface area contributed by atoms with E-state index in [9.17, 15) is 9.90 Å². The van der Waals surface area contributed by atoms with Gasteiger partial charge in [-0.05, 0) is 43.7 Å². The Labute approximate surface area is 146 Å². The Morgan fingerprint density at radius 1 is 1.29 bits per heavy atom. The molecule has 1 unspecified atom stereocenters. The molecule has 2 rings (SSSR count). The minimum absolute atomic E-state index is 0.0612. The van der Waals surface area contributed by atoms with Crippen molar-refractivity contribution in [3.8, 4) is 5.75 Å². The number of nitrogens with one attached hydrogen (secondary N) is 2. The van der Waals surface area contributed by atoms with Gasteiger partial charge in [-0.2, -0.15) is 0 Å². The number of aryl methyl sites for hydroxylation is 1. The summed E-state index contributed by atoms with van der Waals surface area (Å²) in [5.41, 5.74) is 2.16. The molecule has 0 bridgehead atoms. The Hall–Kier alpha value is -2.24. The molecule has 128 valence electrons. The average Bonchev–Trinajstić information content (AvgIpc) is 2.56. The smallest absolute Gasteiger partial charge is 0.319 e. The number of anilines is 1. The van der Waals surface area contributed by atoms with Crippen molar-refractivity contribution in [1.29, 1.82) is 0 Å². The first-order valence-corrected chi connectivity index (χ1v) is 8.10.